The van der Waals surface area contributed by atoms with E-state index in [0.717, 1.165) is 38.2 Å². The average molecular weight is 435 g/mol. The number of nitrogens with zero attached hydrogens (tertiary/aromatic N) is 2. The third-order valence-corrected chi connectivity index (χ3v) is 7.09. The van der Waals surface area contributed by atoms with Crippen molar-refractivity contribution in [2.75, 3.05) is 46.0 Å². The van der Waals surface area contributed by atoms with Gasteiger partial charge in [0.25, 0.3) is 11.8 Å². The molecule has 0 saturated carbocycles. The van der Waals surface area contributed by atoms with Crippen LogP contribution in [0.25, 0.3) is 0 Å². The predicted octanol–water partition coefficient (Wildman–Crippen LogP) is 2.95. The molecule has 2 atom stereocenters. The third-order valence-electron chi connectivity index (χ3n) is 7.09. The van der Waals surface area contributed by atoms with E-state index in [-0.39, 0.29) is 24.3 Å². The van der Waals surface area contributed by atoms with Crippen molar-refractivity contribution < 1.29 is 19.1 Å². The second-order valence-electron chi connectivity index (χ2n) is 9.06. The van der Waals surface area contributed by atoms with Crippen LogP contribution in [0.5, 0.6) is 0 Å². The van der Waals surface area contributed by atoms with E-state index in [1.807, 2.05) is 53.4 Å². The lowest BCUT2D eigenvalue weighted by atomic mass is 9.83. The number of rotatable bonds is 4. The molecule has 6 nitrogen and oxygen atoms in total. The number of carbonyl (C=O) groups excluding carboxylic acids is 2. The monoisotopic (exact) mass is 434 g/mol. The normalized spacial score (nSPS) is 26.6. The Kier molecular flexibility index (Phi) is 5.98. The summed E-state index contributed by atoms with van der Waals surface area (Å²) < 4.78 is 11.8. The third kappa shape index (κ3) is 3.93. The Labute approximate surface area is 189 Å². The Balaban J connectivity index is 1.44. The summed E-state index contributed by atoms with van der Waals surface area (Å²) in [6.45, 7) is 3.99. The zero-order chi connectivity index (χ0) is 22.0. The van der Waals surface area contributed by atoms with E-state index in [2.05, 4.69) is 12.1 Å². The summed E-state index contributed by atoms with van der Waals surface area (Å²) in [5.74, 6) is 0.312. The van der Waals surface area contributed by atoms with E-state index in [9.17, 15) is 9.59 Å². The molecule has 1 spiro atoms. The minimum absolute atomic E-state index is 0.0170. The highest BCUT2D eigenvalue weighted by Crippen LogP contribution is 2.42. The molecule has 0 aliphatic carbocycles. The van der Waals surface area contributed by atoms with Gasteiger partial charge in [-0.1, -0.05) is 48.5 Å². The molecule has 2 aromatic rings. The SMILES string of the molecule is O=C(c1ccccc1)N1CCO[C@@]2(C1)C(=O)N(CC1CCOCC1)C[C@H]2c1ccccc1. The van der Waals surface area contributed by atoms with E-state index >= 15 is 0 Å². The first-order valence-corrected chi connectivity index (χ1v) is 11.6. The van der Waals surface area contributed by atoms with Gasteiger partial charge in [-0.25, -0.2) is 0 Å². The number of morpholine rings is 1. The topological polar surface area (TPSA) is 59.1 Å². The lowest BCUT2D eigenvalue weighted by Gasteiger charge is -2.42. The molecule has 3 aliphatic heterocycles. The van der Waals surface area contributed by atoms with Crippen molar-refractivity contribution in [3.63, 3.8) is 0 Å². The number of benzene rings is 2. The molecule has 0 bridgehead atoms. The highest BCUT2D eigenvalue weighted by Gasteiger charge is 2.58. The largest absolute Gasteiger partial charge is 0.381 e. The molecule has 6 heteroatoms. The Hall–Kier alpha value is -2.70. The number of carbonyl (C=O) groups is 2. The Bertz CT molecular complexity index is 945. The number of amides is 2. The van der Waals surface area contributed by atoms with Crippen molar-refractivity contribution in [3.8, 4) is 0 Å². The Morgan fingerprint density at radius 2 is 1.66 bits per heavy atom. The summed E-state index contributed by atoms with van der Waals surface area (Å²) in [6, 6.07) is 19.4. The van der Waals surface area contributed by atoms with Crippen molar-refractivity contribution in [3.05, 3.63) is 71.8 Å². The maximum Gasteiger partial charge on any atom is 0.257 e. The van der Waals surface area contributed by atoms with Gasteiger partial charge in [0.2, 0.25) is 0 Å². The summed E-state index contributed by atoms with van der Waals surface area (Å²) in [4.78, 5) is 30.9. The average Bonchev–Trinajstić information content (AvgIpc) is 3.11. The van der Waals surface area contributed by atoms with Crippen molar-refractivity contribution in [1.29, 1.82) is 0 Å². The van der Waals surface area contributed by atoms with Crippen LogP contribution in [0.15, 0.2) is 60.7 Å². The minimum atomic E-state index is -1.03. The molecular formula is C26H30N2O4. The second kappa shape index (κ2) is 9.04. The minimum Gasteiger partial charge on any atom is -0.381 e. The van der Waals surface area contributed by atoms with Gasteiger partial charge in [0.1, 0.15) is 0 Å². The van der Waals surface area contributed by atoms with E-state index in [1.165, 1.54) is 0 Å². The molecule has 2 aromatic carbocycles. The van der Waals surface area contributed by atoms with E-state index in [4.69, 9.17) is 9.47 Å². The fourth-order valence-corrected chi connectivity index (χ4v) is 5.35. The molecule has 168 valence electrons. The summed E-state index contributed by atoms with van der Waals surface area (Å²) in [6.07, 6.45) is 1.96. The van der Waals surface area contributed by atoms with Gasteiger partial charge in [-0.2, -0.15) is 0 Å². The molecule has 0 radical (unpaired) electrons. The fourth-order valence-electron chi connectivity index (χ4n) is 5.35. The zero-order valence-corrected chi connectivity index (χ0v) is 18.3. The Morgan fingerprint density at radius 3 is 2.38 bits per heavy atom. The number of ether oxygens (including phenoxy) is 2. The summed E-state index contributed by atoms with van der Waals surface area (Å²) in [5.41, 5.74) is 0.699. The first kappa shape index (κ1) is 21.2. The molecule has 32 heavy (non-hydrogen) atoms. The van der Waals surface area contributed by atoms with E-state index in [0.29, 0.717) is 31.2 Å². The van der Waals surface area contributed by atoms with Gasteiger partial charge in [0.05, 0.1) is 13.2 Å². The molecule has 0 N–H and O–H groups in total. The van der Waals surface area contributed by atoms with E-state index in [1.54, 1.807) is 4.90 Å². The van der Waals surface area contributed by atoms with Crippen molar-refractivity contribution in [2.24, 2.45) is 5.92 Å². The number of hydrogen-bond donors (Lipinski definition) is 0. The van der Waals surface area contributed by atoms with Crippen LogP contribution in [-0.2, 0) is 14.3 Å². The van der Waals surface area contributed by atoms with Crippen LogP contribution < -0.4 is 0 Å². The molecule has 3 fully saturated rings. The lowest BCUT2D eigenvalue weighted by Crippen LogP contribution is -2.59. The highest BCUT2D eigenvalue weighted by atomic mass is 16.5. The quantitative estimate of drug-likeness (QED) is 0.743. The van der Waals surface area contributed by atoms with Crippen LogP contribution in [0, 0.1) is 5.92 Å². The van der Waals surface area contributed by atoms with Gasteiger partial charge >= 0.3 is 0 Å². The van der Waals surface area contributed by atoms with Crippen LogP contribution in [-0.4, -0.2) is 73.2 Å². The van der Waals surface area contributed by atoms with Gasteiger partial charge in [0.15, 0.2) is 5.60 Å². The van der Waals surface area contributed by atoms with Crippen molar-refractivity contribution in [2.45, 2.75) is 24.4 Å². The van der Waals surface area contributed by atoms with Gasteiger partial charge in [0, 0.05) is 44.3 Å². The van der Waals surface area contributed by atoms with Crippen LogP contribution in [0.3, 0.4) is 0 Å². The maximum atomic E-state index is 13.9. The highest BCUT2D eigenvalue weighted by molar-refractivity contribution is 5.96. The maximum absolute atomic E-state index is 13.9. The summed E-state index contributed by atoms with van der Waals surface area (Å²) in [7, 11) is 0. The molecular weight excluding hydrogens is 404 g/mol. The van der Waals surface area contributed by atoms with Crippen molar-refractivity contribution >= 4 is 11.8 Å². The van der Waals surface area contributed by atoms with Gasteiger partial charge in [-0.3, -0.25) is 9.59 Å². The van der Waals surface area contributed by atoms with Gasteiger partial charge < -0.3 is 19.3 Å². The summed E-state index contributed by atoms with van der Waals surface area (Å²) in [5, 5.41) is 0. The number of likely N-dealkylation sites (tertiary alicyclic amines) is 1. The predicted molar refractivity (Wildman–Crippen MR) is 120 cm³/mol. The van der Waals surface area contributed by atoms with Crippen LogP contribution >= 0.6 is 0 Å². The van der Waals surface area contributed by atoms with Crippen LogP contribution in [0.2, 0.25) is 0 Å². The van der Waals surface area contributed by atoms with Gasteiger partial charge in [-0.15, -0.1) is 0 Å². The molecule has 0 unspecified atom stereocenters. The first-order chi connectivity index (χ1) is 15.7. The van der Waals surface area contributed by atoms with Crippen LogP contribution in [0.4, 0.5) is 0 Å². The number of hydrogen-bond acceptors (Lipinski definition) is 4. The zero-order valence-electron chi connectivity index (χ0n) is 18.3. The molecule has 2 amide bonds. The molecule has 3 heterocycles. The molecule has 5 rings (SSSR count). The van der Waals surface area contributed by atoms with Crippen molar-refractivity contribution in [1.82, 2.24) is 9.80 Å². The lowest BCUT2D eigenvalue weighted by molar-refractivity contribution is -0.160. The first-order valence-electron chi connectivity index (χ1n) is 11.6. The fraction of sp³-hybridized carbons (Fsp3) is 0.462. The molecule has 3 aliphatic rings. The smallest absolute Gasteiger partial charge is 0.257 e. The standard InChI is InChI=1S/C26H30N2O4/c29-24(22-9-5-2-6-10-22)27-13-16-32-26(19-27)23(21-7-3-1-4-8-21)18-28(25(26)30)17-20-11-14-31-15-12-20/h1-10,20,23H,11-19H2/t23-,26+/m0/s1. The Morgan fingerprint density at radius 1 is 0.969 bits per heavy atom. The van der Waals surface area contributed by atoms with Gasteiger partial charge in [-0.05, 0) is 36.5 Å². The summed E-state index contributed by atoms with van der Waals surface area (Å²) >= 11 is 0. The van der Waals surface area contributed by atoms with E-state index < -0.39 is 5.60 Å². The molecule has 0 aromatic heterocycles. The molecule has 3 saturated heterocycles. The second-order valence-corrected chi connectivity index (χ2v) is 9.06. The van der Waals surface area contributed by atoms with Crippen LogP contribution in [0.1, 0.15) is 34.7 Å².